The first-order valence-corrected chi connectivity index (χ1v) is 5.93. The Balaban J connectivity index is 2.10. The maximum absolute atomic E-state index is 5.70. The molecule has 0 unspecified atom stereocenters. The average Bonchev–Trinajstić information content (AvgIpc) is 2.56. The topological polar surface area (TPSA) is 64.9 Å². The Morgan fingerprint density at radius 1 is 1.19 bits per heavy atom. The molecular weight excluding hydrogens is 202 g/mol. The molecule has 0 amide bonds. The van der Waals surface area contributed by atoms with Gasteiger partial charge in [0.25, 0.3) is 0 Å². The quantitative estimate of drug-likeness (QED) is 0.849. The maximum atomic E-state index is 5.70. The molecule has 1 aromatic rings. The van der Waals surface area contributed by atoms with E-state index in [1.165, 1.54) is 0 Å². The zero-order chi connectivity index (χ0) is 12.0. The third kappa shape index (κ3) is 1.56. The highest BCUT2D eigenvalue weighted by Crippen LogP contribution is 2.73. The lowest BCUT2D eigenvalue weighted by Crippen LogP contribution is -2.00. The summed E-state index contributed by atoms with van der Waals surface area (Å²) in [6.45, 7) is 9.67. The van der Waals surface area contributed by atoms with Gasteiger partial charge in [0.05, 0.1) is 0 Å². The standard InChI is InChI=1S/C12H21N3O/c1-11(2)9(12(11,3)4)10-15-14-8(16-10)6-5-7-13/h9H,5-7,13H2,1-4H3. The van der Waals surface area contributed by atoms with Gasteiger partial charge in [-0.05, 0) is 23.8 Å². The Hall–Kier alpha value is -0.900. The molecule has 4 nitrogen and oxygen atoms in total. The van der Waals surface area contributed by atoms with Gasteiger partial charge in [0.15, 0.2) is 0 Å². The molecule has 0 aliphatic heterocycles. The number of nitrogens with zero attached hydrogens (tertiary/aromatic N) is 2. The molecule has 1 aromatic heterocycles. The molecule has 1 saturated carbocycles. The van der Waals surface area contributed by atoms with Gasteiger partial charge in [0.1, 0.15) is 0 Å². The summed E-state index contributed by atoms with van der Waals surface area (Å²) in [5, 5.41) is 8.24. The summed E-state index contributed by atoms with van der Waals surface area (Å²) in [4.78, 5) is 0. The van der Waals surface area contributed by atoms with Gasteiger partial charge in [0, 0.05) is 12.3 Å². The Bertz CT molecular complexity index is 367. The van der Waals surface area contributed by atoms with Gasteiger partial charge in [-0.15, -0.1) is 10.2 Å². The lowest BCUT2D eigenvalue weighted by atomic mass is 10.0. The summed E-state index contributed by atoms with van der Waals surface area (Å²) >= 11 is 0. The molecule has 0 atom stereocenters. The second-order valence-electron chi connectivity index (χ2n) is 5.80. The average molecular weight is 223 g/mol. The zero-order valence-corrected chi connectivity index (χ0v) is 10.6. The first-order valence-electron chi connectivity index (χ1n) is 5.93. The van der Waals surface area contributed by atoms with Gasteiger partial charge in [0.2, 0.25) is 11.8 Å². The van der Waals surface area contributed by atoms with E-state index in [9.17, 15) is 0 Å². The van der Waals surface area contributed by atoms with Crippen molar-refractivity contribution in [2.75, 3.05) is 6.54 Å². The van der Waals surface area contributed by atoms with Crippen LogP contribution in [0.4, 0.5) is 0 Å². The summed E-state index contributed by atoms with van der Waals surface area (Å²) in [7, 11) is 0. The van der Waals surface area contributed by atoms with Crippen molar-refractivity contribution in [3.8, 4) is 0 Å². The SMILES string of the molecule is CC1(C)C(c2nnc(CCCN)o2)C1(C)C. The fraction of sp³-hybridized carbons (Fsp3) is 0.833. The van der Waals surface area contributed by atoms with Crippen molar-refractivity contribution >= 4 is 0 Å². The van der Waals surface area contributed by atoms with Crippen LogP contribution in [0.3, 0.4) is 0 Å². The highest BCUT2D eigenvalue weighted by Gasteiger charge is 2.67. The van der Waals surface area contributed by atoms with Crippen LogP contribution in [0.5, 0.6) is 0 Å². The fourth-order valence-electron chi connectivity index (χ4n) is 2.55. The van der Waals surface area contributed by atoms with Gasteiger partial charge in [-0.1, -0.05) is 27.7 Å². The number of nitrogens with two attached hydrogens (primary N) is 1. The molecule has 0 spiro atoms. The second-order valence-corrected chi connectivity index (χ2v) is 5.80. The second kappa shape index (κ2) is 3.55. The molecule has 1 aliphatic rings. The van der Waals surface area contributed by atoms with Crippen LogP contribution in [-0.2, 0) is 6.42 Å². The van der Waals surface area contributed by atoms with Crippen LogP contribution in [-0.4, -0.2) is 16.7 Å². The van der Waals surface area contributed by atoms with E-state index < -0.39 is 0 Å². The predicted octanol–water partition coefficient (Wildman–Crippen LogP) is 2.11. The number of aromatic nitrogens is 2. The van der Waals surface area contributed by atoms with Crippen LogP contribution in [0.2, 0.25) is 0 Å². The van der Waals surface area contributed by atoms with Gasteiger partial charge >= 0.3 is 0 Å². The van der Waals surface area contributed by atoms with E-state index in [2.05, 4.69) is 37.9 Å². The van der Waals surface area contributed by atoms with Gasteiger partial charge < -0.3 is 10.2 Å². The smallest absolute Gasteiger partial charge is 0.220 e. The number of rotatable bonds is 4. The lowest BCUT2D eigenvalue weighted by molar-refractivity contribution is 0.428. The van der Waals surface area contributed by atoms with E-state index in [-0.39, 0.29) is 10.8 Å². The summed E-state index contributed by atoms with van der Waals surface area (Å²) in [6, 6.07) is 0. The van der Waals surface area contributed by atoms with E-state index in [1.54, 1.807) is 0 Å². The minimum absolute atomic E-state index is 0.255. The molecule has 1 heterocycles. The minimum Gasteiger partial charge on any atom is -0.425 e. The fourth-order valence-corrected chi connectivity index (χ4v) is 2.55. The Morgan fingerprint density at radius 3 is 2.31 bits per heavy atom. The van der Waals surface area contributed by atoms with Gasteiger partial charge in [-0.25, -0.2) is 0 Å². The molecule has 1 fully saturated rings. The molecule has 4 heteroatoms. The largest absolute Gasteiger partial charge is 0.425 e. The molecule has 90 valence electrons. The van der Waals surface area contributed by atoms with Crippen molar-refractivity contribution in [3.05, 3.63) is 11.8 Å². The minimum atomic E-state index is 0.255. The molecule has 0 saturated heterocycles. The summed E-state index contributed by atoms with van der Waals surface area (Å²) < 4.78 is 5.70. The molecule has 2 N–H and O–H groups in total. The Kier molecular flexibility index (Phi) is 2.57. The molecule has 2 rings (SSSR count). The normalized spacial score (nSPS) is 22.3. The van der Waals surface area contributed by atoms with Crippen molar-refractivity contribution < 1.29 is 4.42 Å². The molecule has 0 bridgehead atoms. The van der Waals surface area contributed by atoms with Crippen molar-refractivity contribution in [2.24, 2.45) is 16.6 Å². The lowest BCUT2D eigenvalue weighted by Gasteiger charge is -2.03. The van der Waals surface area contributed by atoms with Crippen LogP contribution in [0, 0.1) is 10.8 Å². The van der Waals surface area contributed by atoms with Crippen LogP contribution >= 0.6 is 0 Å². The van der Waals surface area contributed by atoms with Gasteiger partial charge in [-0.2, -0.15) is 0 Å². The number of hydrogen-bond acceptors (Lipinski definition) is 4. The monoisotopic (exact) mass is 223 g/mol. The summed E-state index contributed by atoms with van der Waals surface area (Å²) in [5.74, 6) is 1.90. The highest BCUT2D eigenvalue weighted by atomic mass is 16.4. The maximum Gasteiger partial charge on any atom is 0.220 e. The van der Waals surface area contributed by atoms with E-state index >= 15 is 0 Å². The highest BCUT2D eigenvalue weighted by molar-refractivity contribution is 5.24. The van der Waals surface area contributed by atoms with Crippen LogP contribution in [0.1, 0.15) is 51.8 Å². The third-order valence-corrected chi connectivity index (χ3v) is 4.34. The molecule has 1 aliphatic carbocycles. The van der Waals surface area contributed by atoms with E-state index in [4.69, 9.17) is 10.2 Å². The summed E-state index contributed by atoms with van der Waals surface area (Å²) in [5.41, 5.74) is 5.96. The van der Waals surface area contributed by atoms with E-state index in [1.807, 2.05) is 0 Å². The molecule has 0 aromatic carbocycles. The number of aryl methyl sites for hydroxylation is 1. The zero-order valence-electron chi connectivity index (χ0n) is 10.6. The first-order chi connectivity index (χ1) is 7.41. The van der Waals surface area contributed by atoms with E-state index in [0.29, 0.717) is 12.5 Å². The predicted molar refractivity (Wildman–Crippen MR) is 62.0 cm³/mol. The Morgan fingerprint density at radius 2 is 1.81 bits per heavy atom. The third-order valence-electron chi connectivity index (χ3n) is 4.34. The molecular formula is C12H21N3O. The van der Waals surface area contributed by atoms with E-state index in [0.717, 1.165) is 24.6 Å². The van der Waals surface area contributed by atoms with Gasteiger partial charge in [-0.3, -0.25) is 0 Å². The molecule has 0 radical (unpaired) electrons. The van der Waals surface area contributed by atoms with Crippen molar-refractivity contribution in [3.63, 3.8) is 0 Å². The van der Waals surface area contributed by atoms with Crippen LogP contribution in [0.25, 0.3) is 0 Å². The van der Waals surface area contributed by atoms with Crippen molar-refractivity contribution in [2.45, 2.75) is 46.5 Å². The molecule has 16 heavy (non-hydrogen) atoms. The first kappa shape index (κ1) is 11.6. The Labute approximate surface area is 96.6 Å². The van der Waals surface area contributed by atoms with Crippen LogP contribution in [0.15, 0.2) is 4.42 Å². The van der Waals surface area contributed by atoms with Crippen LogP contribution < -0.4 is 5.73 Å². The van der Waals surface area contributed by atoms with Crippen molar-refractivity contribution in [1.82, 2.24) is 10.2 Å². The summed E-state index contributed by atoms with van der Waals surface area (Å²) in [6.07, 6.45) is 1.69. The van der Waals surface area contributed by atoms with Crippen molar-refractivity contribution in [1.29, 1.82) is 0 Å². The number of hydrogen-bond donors (Lipinski definition) is 1.